The Kier molecular flexibility index (Phi) is 2.94. The van der Waals surface area contributed by atoms with E-state index in [-0.39, 0.29) is 12.5 Å². The number of carbonyl (C=O) groups excluding carboxylic acids is 1. The van der Waals surface area contributed by atoms with Gasteiger partial charge in [-0.05, 0) is 15.9 Å². The summed E-state index contributed by atoms with van der Waals surface area (Å²) >= 11 is 3.08. The van der Waals surface area contributed by atoms with Gasteiger partial charge in [0.15, 0.2) is 4.67 Å². The summed E-state index contributed by atoms with van der Waals surface area (Å²) in [7, 11) is 0. The van der Waals surface area contributed by atoms with E-state index < -0.39 is 0 Å². The third-order valence-corrected chi connectivity index (χ3v) is 1.60. The minimum absolute atomic E-state index is 0.224. The minimum atomic E-state index is -0.234. The van der Waals surface area contributed by atoms with Gasteiger partial charge in [0.2, 0.25) is 0 Å². The van der Waals surface area contributed by atoms with Crippen molar-refractivity contribution in [3.63, 3.8) is 0 Å². The Bertz CT molecular complexity index is 324. The summed E-state index contributed by atoms with van der Waals surface area (Å²) in [5.41, 5.74) is 0.456. The van der Waals surface area contributed by atoms with Crippen LogP contribution in [0.2, 0.25) is 0 Å². The third kappa shape index (κ3) is 2.14. The zero-order chi connectivity index (χ0) is 8.97. The van der Waals surface area contributed by atoms with Gasteiger partial charge in [-0.25, -0.2) is 0 Å². The number of nitrogens with one attached hydrogen (secondary N) is 1. The van der Waals surface area contributed by atoms with Crippen molar-refractivity contribution in [3.05, 3.63) is 22.6 Å². The lowest BCUT2D eigenvalue weighted by Crippen LogP contribution is -2.22. The summed E-state index contributed by atoms with van der Waals surface area (Å²) in [6.45, 7) is 0.224. The van der Waals surface area contributed by atoms with Gasteiger partial charge in [0, 0.05) is 6.07 Å². The monoisotopic (exact) mass is 227 g/mol. The molecule has 0 aliphatic heterocycles. The highest BCUT2D eigenvalue weighted by Gasteiger charge is 2.06. The van der Waals surface area contributed by atoms with Crippen molar-refractivity contribution in [1.29, 1.82) is 0 Å². The number of amides is 1. The van der Waals surface area contributed by atoms with E-state index in [1.54, 1.807) is 6.07 Å². The molecule has 12 heavy (non-hydrogen) atoms. The Morgan fingerprint density at radius 2 is 2.58 bits per heavy atom. The van der Waals surface area contributed by atoms with Crippen LogP contribution in [0, 0.1) is 12.3 Å². The largest absolute Gasteiger partial charge is 0.457 e. The van der Waals surface area contributed by atoms with Gasteiger partial charge in [-0.3, -0.25) is 4.79 Å². The van der Waals surface area contributed by atoms with Gasteiger partial charge < -0.3 is 9.73 Å². The number of hydrogen-bond donors (Lipinski definition) is 1. The first-order valence-electron chi connectivity index (χ1n) is 3.19. The molecule has 1 rings (SSSR count). The highest BCUT2D eigenvalue weighted by molar-refractivity contribution is 9.10. The molecule has 1 N–H and O–H groups in total. The van der Waals surface area contributed by atoms with Gasteiger partial charge >= 0.3 is 0 Å². The Balaban J connectivity index is 2.61. The lowest BCUT2D eigenvalue weighted by molar-refractivity contribution is 0.0958. The predicted molar refractivity (Wildman–Crippen MR) is 47.6 cm³/mol. The molecular formula is C8H6BrNO2. The molecule has 0 fully saturated rings. The van der Waals surface area contributed by atoms with Gasteiger partial charge in [0.1, 0.15) is 6.26 Å². The first kappa shape index (κ1) is 8.88. The summed E-state index contributed by atoms with van der Waals surface area (Å²) in [6, 6.07) is 1.58. The van der Waals surface area contributed by atoms with Crippen LogP contribution in [-0.4, -0.2) is 12.5 Å². The van der Waals surface area contributed by atoms with Crippen molar-refractivity contribution in [3.8, 4) is 12.3 Å². The molecule has 0 unspecified atom stereocenters. The average Bonchev–Trinajstić information content (AvgIpc) is 2.47. The van der Waals surface area contributed by atoms with Crippen LogP contribution in [0.3, 0.4) is 0 Å². The van der Waals surface area contributed by atoms with E-state index in [1.807, 2.05) is 0 Å². The van der Waals surface area contributed by atoms with E-state index in [0.29, 0.717) is 10.2 Å². The highest BCUT2D eigenvalue weighted by atomic mass is 79.9. The Morgan fingerprint density at radius 3 is 3.08 bits per heavy atom. The molecule has 4 heteroatoms. The van der Waals surface area contributed by atoms with E-state index in [1.165, 1.54) is 6.26 Å². The molecule has 0 aromatic carbocycles. The van der Waals surface area contributed by atoms with Crippen molar-refractivity contribution < 1.29 is 9.21 Å². The molecule has 1 heterocycles. The molecule has 0 atom stereocenters. The molecule has 0 spiro atoms. The van der Waals surface area contributed by atoms with Gasteiger partial charge in [0.05, 0.1) is 12.1 Å². The minimum Gasteiger partial charge on any atom is -0.457 e. The maximum atomic E-state index is 11.1. The van der Waals surface area contributed by atoms with Crippen molar-refractivity contribution in [2.24, 2.45) is 0 Å². The second kappa shape index (κ2) is 3.98. The second-order valence-corrected chi connectivity index (χ2v) is 2.81. The van der Waals surface area contributed by atoms with Crippen LogP contribution in [-0.2, 0) is 0 Å². The summed E-state index contributed by atoms with van der Waals surface area (Å²) in [5.74, 6) is 2.07. The van der Waals surface area contributed by atoms with Crippen molar-refractivity contribution in [1.82, 2.24) is 5.32 Å². The average molecular weight is 228 g/mol. The fraction of sp³-hybridized carbons (Fsp3) is 0.125. The normalized spacial score (nSPS) is 9.00. The Hall–Kier alpha value is -1.21. The van der Waals surface area contributed by atoms with Crippen molar-refractivity contribution in [2.75, 3.05) is 6.54 Å². The molecule has 0 bridgehead atoms. The summed E-state index contributed by atoms with van der Waals surface area (Å²) < 4.78 is 5.39. The lowest BCUT2D eigenvalue weighted by atomic mass is 10.3. The van der Waals surface area contributed by atoms with E-state index in [2.05, 4.69) is 27.2 Å². The maximum Gasteiger partial charge on any atom is 0.255 e. The van der Waals surface area contributed by atoms with Crippen LogP contribution in [0.25, 0.3) is 0 Å². The molecule has 1 amide bonds. The highest BCUT2D eigenvalue weighted by Crippen LogP contribution is 2.13. The van der Waals surface area contributed by atoms with Crippen LogP contribution < -0.4 is 5.32 Å². The Labute approximate surface area is 78.3 Å². The van der Waals surface area contributed by atoms with Gasteiger partial charge in [-0.1, -0.05) is 5.92 Å². The van der Waals surface area contributed by atoms with Crippen molar-refractivity contribution in [2.45, 2.75) is 0 Å². The van der Waals surface area contributed by atoms with Crippen LogP contribution in [0.1, 0.15) is 10.4 Å². The maximum absolute atomic E-state index is 11.1. The van der Waals surface area contributed by atoms with Crippen LogP contribution in [0.5, 0.6) is 0 Å². The molecule has 0 aliphatic carbocycles. The fourth-order valence-corrected chi connectivity index (χ4v) is 1.00. The lowest BCUT2D eigenvalue weighted by Gasteiger charge is -1.95. The molecule has 1 aromatic rings. The zero-order valence-corrected chi connectivity index (χ0v) is 7.72. The SMILES string of the molecule is C#CCNC(=O)c1coc(Br)c1. The van der Waals surface area contributed by atoms with Crippen LogP contribution in [0.15, 0.2) is 21.4 Å². The summed E-state index contributed by atoms with van der Waals surface area (Å²) in [5, 5.41) is 2.51. The second-order valence-electron chi connectivity index (χ2n) is 2.03. The fourth-order valence-electron chi connectivity index (χ4n) is 0.663. The third-order valence-electron chi connectivity index (χ3n) is 1.18. The molecular weight excluding hydrogens is 222 g/mol. The summed E-state index contributed by atoms with van der Waals surface area (Å²) in [6.07, 6.45) is 6.32. The Morgan fingerprint density at radius 1 is 1.83 bits per heavy atom. The number of furan rings is 1. The first-order chi connectivity index (χ1) is 5.74. The quantitative estimate of drug-likeness (QED) is 0.777. The molecule has 0 saturated heterocycles. The molecule has 0 saturated carbocycles. The van der Waals surface area contributed by atoms with E-state index in [4.69, 9.17) is 10.8 Å². The number of terminal acetylenes is 1. The zero-order valence-electron chi connectivity index (χ0n) is 6.13. The van der Waals surface area contributed by atoms with E-state index in [9.17, 15) is 4.79 Å². The molecule has 3 nitrogen and oxygen atoms in total. The van der Waals surface area contributed by atoms with Gasteiger partial charge in [-0.15, -0.1) is 6.42 Å². The molecule has 62 valence electrons. The summed E-state index contributed by atoms with van der Waals surface area (Å²) in [4.78, 5) is 11.1. The molecule has 1 aromatic heterocycles. The number of rotatable bonds is 2. The first-order valence-corrected chi connectivity index (χ1v) is 3.99. The standard InChI is InChI=1S/C8H6BrNO2/c1-2-3-10-8(11)6-4-7(9)12-5-6/h1,4-5H,3H2,(H,10,11). The number of hydrogen-bond acceptors (Lipinski definition) is 2. The van der Waals surface area contributed by atoms with Crippen molar-refractivity contribution >= 4 is 21.8 Å². The number of halogens is 1. The smallest absolute Gasteiger partial charge is 0.255 e. The van der Waals surface area contributed by atoms with Crippen LogP contribution in [0.4, 0.5) is 0 Å². The van der Waals surface area contributed by atoms with Gasteiger partial charge in [0.25, 0.3) is 5.91 Å². The van der Waals surface area contributed by atoms with E-state index in [0.717, 1.165) is 0 Å². The predicted octanol–water partition coefficient (Wildman–Crippen LogP) is 1.41. The van der Waals surface area contributed by atoms with Gasteiger partial charge in [-0.2, -0.15) is 0 Å². The molecule has 0 radical (unpaired) electrons. The topological polar surface area (TPSA) is 42.2 Å². The number of carbonyl (C=O) groups is 1. The molecule has 0 aliphatic rings. The van der Waals surface area contributed by atoms with E-state index >= 15 is 0 Å². The van der Waals surface area contributed by atoms with Crippen LogP contribution >= 0.6 is 15.9 Å².